The van der Waals surface area contributed by atoms with Gasteiger partial charge in [-0.15, -0.1) is 0 Å². The van der Waals surface area contributed by atoms with Gasteiger partial charge in [-0.25, -0.2) is 9.97 Å². The number of anilines is 1. The van der Waals surface area contributed by atoms with Crippen molar-refractivity contribution in [3.05, 3.63) is 78.4 Å². The third-order valence-electron chi connectivity index (χ3n) is 4.72. The largest absolute Gasteiger partial charge is 0.325 e. The maximum Gasteiger partial charge on any atom is 0.234 e. The summed E-state index contributed by atoms with van der Waals surface area (Å²) in [7, 11) is 0. The Morgan fingerprint density at radius 2 is 1.80 bits per heavy atom. The molecule has 2 aromatic heterocycles. The van der Waals surface area contributed by atoms with Gasteiger partial charge in [-0.1, -0.05) is 42.1 Å². The van der Waals surface area contributed by atoms with Gasteiger partial charge < -0.3 is 5.32 Å². The van der Waals surface area contributed by atoms with E-state index in [4.69, 9.17) is 15.2 Å². The highest BCUT2D eigenvalue weighted by atomic mass is 32.2. The molecule has 0 aliphatic rings. The summed E-state index contributed by atoms with van der Waals surface area (Å²) in [4.78, 5) is 22.1. The lowest BCUT2D eigenvalue weighted by molar-refractivity contribution is -0.113. The van der Waals surface area contributed by atoms with Crippen LogP contribution >= 0.6 is 11.8 Å². The number of nitrogens with one attached hydrogen (secondary N) is 1. The normalized spacial score (nSPS) is 11.0. The Bertz CT molecular complexity index is 1470. The third-order valence-corrected chi connectivity index (χ3v) is 5.66. The van der Waals surface area contributed by atoms with Crippen molar-refractivity contribution >= 4 is 50.9 Å². The summed E-state index contributed by atoms with van der Waals surface area (Å²) in [6, 6.07) is 24.7. The first kappa shape index (κ1) is 18.2. The number of para-hydroxylation sites is 3. The highest BCUT2D eigenvalue weighted by molar-refractivity contribution is 7.99. The summed E-state index contributed by atoms with van der Waals surface area (Å²) < 4.78 is 2.01. The van der Waals surface area contributed by atoms with Crippen molar-refractivity contribution in [3.8, 4) is 6.07 Å². The quantitative estimate of drug-likeness (QED) is 0.345. The Morgan fingerprint density at radius 3 is 2.67 bits per heavy atom. The molecule has 0 unspecified atom stereocenters. The number of thioether (sulfide) groups is 1. The Balaban J connectivity index is 1.50. The molecule has 3 aromatic carbocycles. The molecule has 2 heterocycles. The first-order valence-corrected chi connectivity index (χ1v) is 10.3. The molecule has 0 aliphatic carbocycles. The van der Waals surface area contributed by atoms with E-state index >= 15 is 0 Å². The fourth-order valence-corrected chi connectivity index (χ4v) is 4.21. The zero-order chi connectivity index (χ0) is 20.5. The topological polar surface area (TPSA) is 83.1 Å². The molecule has 144 valence electrons. The molecule has 1 N–H and O–H groups in total. The number of imidazole rings is 1. The number of hydrogen-bond donors (Lipinski definition) is 1. The number of rotatable bonds is 4. The molecule has 0 radical (unpaired) electrons. The lowest BCUT2D eigenvalue weighted by atomic mass is 10.2. The molecule has 0 saturated carbocycles. The van der Waals surface area contributed by atoms with E-state index in [9.17, 15) is 4.79 Å². The van der Waals surface area contributed by atoms with Crippen molar-refractivity contribution in [1.82, 2.24) is 14.4 Å². The minimum atomic E-state index is -0.164. The highest BCUT2D eigenvalue weighted by Gasteiger charge is 2.15. The molecule has 1 amide bonds. The van der Waals surface area contributed by atoms with Gasteiger partial charge >= 0.3 is 0 Å². The minimum Gasteiger partial charge on any atom is -0.325 e. The van der Waals surface area contributed by atoms with Crippen molar-refractivity contribution in [2.75, 3.05) is 11.1 Å². The number of fused-ring (bicyclic) bond motifs is 5. The average molecular weight is 409 g/mol. The van der Waals surface area contributed by atoms with Crippen molar-refractivity contribution in [2.24, 2.45) is 0 Å². The first-order valence-electron chi connectivity index (χ1n) is 9.32. The van der Waals surface area contributed by atoms with Crippen molar-refractivity contribution in [1.29, 1.82) is 5.26 Å². The summed E-state index contributed by atoms with van der Waals surface area (Å²) in [6.07, 6.45) is 0. The zero-order valence-corrected chi connectivity index (χ0v) is 16.6. The van der Waals surface area contributed by atoms with Crippen LogP contribution in [0.25, 0.3) is 27.6 Å². The molecule has 6 nitrogen and oxygen atoms in total. The van der Waals surface area contributed by atoms with E-state index in [-0.39, 0.29) is 11.7 Å². The molecule has 5 rings (SSSR count). The van der Waals surface area contributed by atoms with Crippen LogP contribution in [0.2, 0.25) is 0 Å². The van der Waals surface area contributed by atoms with Gasteiger partial charge in [0.15, 0.2) is 5.16 Å². The van der Waals surface area contributed by atoms with Crippen molar-refractivity contribution in [2.45, 2.75) is 5.16 Å². The van der Waals surface area contributed by atoms with E-state index in [1.54, 1.807) is 24.3 Å². The number of hydrogen-bond acceptors (Lipinski definition) is 5. The number of carbonyl (C=O) groups excluding carboxylic acids is 1. The molecule has 0 fully saturated rings. The first-order chi connectivity index (χ1) is 14.7. The van der Waals surface area contributed by atoms with Gasteiger partial charge in [0, 0.05) is 11.1 Å². The zero-order valence-electron chi connectivity index (χ0n) is 15.7. The molecule has 0 aliphatic heterocycles. The second kappa shape index (κ2) is 7.50. The van der Waals surface area contributed by atoms with Crippen LogP contribution in [-0.2, 0) is 4.79 Å². The number of carbonyl (C=O) groups is 1. The molecular formula is C23H15N5OS. The monoisotopic (exact) mass is 409 g/mol. The lowest BCUT2D eigenvalue weighted by Gasteiger charge is -2.09. The summed E-state index contributed by atoms with van der Waals surface area (Å²) in [6.45, 7) is 0. The fraction of sp³-hybridized carbons (Fsp3) is 0.0435. The Hall–Kier alpha value is -3.89. The molecule has 0 atom stereocenters. The standard InChI is InChI=1S/C23H15N5OS/c24-13-15-6-5-7-16(12-15)25-21(29)14-30-23-27-18-9-2-1-8-17(18)22-26-19-10-3-4-11-20(19)28(22)23/h1-12H,14H2,(H,25,29). The van der Waals surface area contributed by atoms with Gasteiger partial charge in [-0.05, 0) is 42.5 Å². The van der Waals surface area contributed by atoms with Crippen LogP contribution in [0.1, 0.15) is 5.56 Å². The predicted molar refractivity (Wildman–Crippen MR) is 119 cm³/mol. The maximum absolute atomic E-state index is 12.5. The highest BCUT2D eigenvalue weighted by Crippen LogP contribution is 2.29. The van der Waals surface area contributed by atoms with Crippen LogP contribution < -0.4 is 5.32 Å². The number of benzene rings is 3. The van der Waals surface area contributed by atoms with Crippen molar-refractivity contribution in [3.63, 3.8) is 0 Å². The molecular weight excluding hydrogens is 394 g/mol. The summed E-state index contributed by atoms with van der Waals surface area (Å²) in [5.74, 6) is 0.0200. The van der Waals surface area contributed by atoms with Crippen LogP contribution in [0.4, 0.5) is 5.69 Å². The van der Waals surface area contributed by atoms with Gasteiger partial charge in [0.1, 0.15) is 5.65 Å². The summed E-state index contributed by atoms with van der Waals surface area (Å²) in [5, 5.41) is 13.5. The molecule has 7 heteroatoms. The van der Waals surface area contributed by atoms with Crippen LogP contribution in [0.3, 0.4) is 0 Å². The lowest BCUT2D eigenvalue weighted by Crippen LogP contribution is -2.14. The van der Waals surface area contributed by atoms with Gasteiger partial charge in [0.2, 0.25) is 5.91 Å². The van der Waals surface area contributed by atoms with E-state index in [0.29, 0.717) is 16.4 Å². The van der Waals surface area contributed by atoms with E-state index < -0.39 is 0 Å². The third kappa shape index (κ3) is 3.23. The second-order valence-electron chi connectivity index (χ2n) is 6.70. The predicted octanol–water partition coefficient (Wildman–Crippen LogP) is 4.64. The molecule has 0 spiro atoms. The molecule has 5 aromatic rings. The second-order valence-corrected chi connectivity index (χ2v) is 7.64. The van der Waals surface area contributed by atoms with Gasteiger partial charge in [0.05, 0.1) is 33.9 Å². The summed E-state index contributed by atoms with van der Waals surface area (Å²) >= 11 is 1.36. The van der Waals surface area contributed by atoms with Gasteiger partial charge in [-0.2, -0.15) is 5.26 Å². The van der Waals surface area contributed by atoms with Gasteiger partial charge in [-0.3, -0.25) is 9.20 Å². The van der Waals surface area contributed by atoms with E-state index in [1.807, 2.05) is 52.9 Å². The number of aromatic nitrogens is 3. The maximum atomic E-state index is 12.5. The van der Waals surface area contributed by atoms with Crippen LogP contribution in [0, 0.1) is 11.3 Å². The number of nitrogens with zero attached hydrogens (tertiary/aromatic N) is 4. The SMILES string of the molecule is N#Cc1cccc(NC(=O)CSc2nc3ccccc3c3nc4ccccc4n23)c1. The number of amides is 1. The number of nitriles is 1. The molecule has 0 bridgehead atoms. The van der Waals surface area contributed by atoms with Crippen LogP contribution in [0.5, 0.6) is 0 Å². The van der Waals surface area contributed by atoms with Gasteiger partial charge in [0.25, 0.3) is 0 Å². The minimum absolute atomic E-state index is 0.164. The van der Waals surface area contributed by atoms with E-state index in [2.05, 4.69) is 11.4 Å². The average Bonchev–Trinajstić information content (AvgIpc) is 3.18. The smallest absolute Gasteiger partial charge is 0.234 e. The van der Waals surface area contributed by atoms with Crippen LogP contribution in [-0.4, -0.2) is 26.0 Å². The van der Waals surface area contributed by atoms with E-state index in [0.717, 1.165) is 27.6 Å². The Labute approximate surface area is 176 Å². The van der Waals surface area contributed by atoms with Crippen LogP contribution in [0.15, 0.2) is 78.0 Å². The van der Waals surface area contributed by atoms with Crippen molar-refractivity contribution < 1.29 is 4.79 Å². The molecule has 30 heavy (non-hydrogen) atoms. The fourth-order valence-electron chi connectivity index (χ4n) is 3.40. The molecule has 0 saturated heterocycles. The van der Waals surface area contributed by atoms with E-state index in [1.165, 1.54) is 11.8 Å². The Kier molecular flexibility index (Phi) is 4.54. The summed E-state index contributed by atoms with van der Waals surface area (Å²) in [5.41, 5.74) is 4.61. The Morgan fingerprint density at radius 1 is 1.00 bits per heavy atom.